The Bertz CT molecular complexity index is 769. The zero-order valence-corrected chi connectivity index (χ0v) is 16.7. The highest BCUT2D eigenvalue weighted by atomic mass is 16.2. The van der Waals surface area contributed by atoms with Crippen LogP contribution < -0.4 is 10.2 Å². The van der Waals surface area contributed by atoms with E-state index >= 15 is 0 Å². The first-order valence-electron chi connectivity index (χ1n) is 9.98. The maximum atomic E-state index is 13.0. The van der Waals surface area contributed by atoms with Crippen molar-refractivity contribution < 1.29 is 4.79 Å². The van der Waals surface area contributed by atoms with Gasteiger partial charge in [-0.25, -0.2) is 4.79 Å². The molecule has 28 heavy (non-hydrogen) atoms. The van der Waals surface area contributed by atoms with Crippen molar-refractivity contribution in [2.75, 3.05) is 49.5 Å². The number of nitrogens with zero attached hydrogens (tertiary/aromatic N) is 3. The molecule has 1 saturated heterocycles. The van der Waals surface area contributed by atoms with Gasteiger partial charge in [0.2, 0.25) is 0 Å². The third kappa shape index (κ3) is 5.14. The standard InChI is InChI=1S/C23H30N4O/c1-3-14-27(19-20-10-6-5-7-11-20)23(28)24-21-12-8-9-13-22(21)26-17-15-25(4-2)16-18-26/h3,5-13H,1,4,14-19H2,2H3,(H,24,28). The Morgan fingerprint density at radius 1 is 1.07 bits per heavy atom. The van der Waals surface area contributed by atoms with Crippen molar-refractivity contribution in [1.29, 1.82) is 0 Å². The number of carbonyl (C=O) groups excluding carboxylic acids is 1. The molecule has 5 heteroatoms. The Morgan fingerprint density at radius 2 is 1.75 bits per heavy atom. The highest BCUT2D eigenvalue weighted by Gasteiger charge is 2.20. The molecule has 148 valence electrons. The molecule has 1 N–H and O–H groups in total. The number of para-hydroxylation sites is 2. The fourth-order valence-electron chi connectivity index (χ4n) is 3.53. The maximum absolute atomic E-state index is 13.0. The molecule has 5 nitrogen and oxygen atoms in total. The lowest BCUT2D eigenvalue weighted by Gasteiger charge is -2.36. The highest BCUT2D eigenvalue weighted by Crippen LogP contribution is 2.27. The second-order valence-electron chi connectivity index (χ2n) is 7.02. The molecule has 0 radical (unpaired) electrons. The molecule has 0 aliphatic carbocycles. The summed E-state index contributed by atoms with van der Waals surface area (Å²) in [5.74, 6) is 0. The average Bonchev–Trinajstić information content (AvgIpc) is 2.74. The molecule has 1 aliphatic heterocycles. The van der Waals surface area contributed by atoms with Crippen molar-refractivity contribution in [3.63, 3.8) is 0 Å². The van der Waals surface area contributed by atoms with Crippen LogP contribution in [-0.2, 0) is 6.54 Å². The molecule has 0 bridgehead atoms. The molecular weight excluding hydrogens is 348 g/mol. The summed E-state index contributed by atoms with van der Waals surface area (Å²) in [5.41, 5.74) is 3.05. The summed E-state index contributed by atoms with van der Waals surface area (Å²) in [6.07, 6.45) is 1.76. The Hall–Kier alpha value is -2.79. The molecular formula is C23H30N4O. The minimum absolute atomic E-state index is 0.108. The van der Waals surface area contributed by atoms with Crippen LogP contribution in [0.3, 0.4) is 0 Å². The van der Waals surface area contributed by atoms with Crippen LogP contribution in [0, 0.1) is 0 Å². The van der Waals surface area contributed by atoms with Crippen molar-refractivity contribution in [3.8, 4) is 0 Å². The number of piperazine rings is 1. The summed E-state index contributed by atoms with van der Waals surface area (Å²) >= 11 is 0. The summed E-state index contributed by atoms with van der Waals surface area (Å²) in [5, 5.41) is 3.12. The number of benzene rings is 2. The lowest BCUT2D eigenvalue weighted by molar-refractivity contribution is 0.215. The van der Waals surface area contributed by atoms with E-state index in [1.54, 1.807) is 11.0 Å². The number of likely N-dealkylation sites (N-methyl/N-ethyl adjacent to an activating group) is 1. The van der Waals surface area contributed by atoms with Crippen molar-refractivity contribution in [2.45, 2.75) is 13.5 Å². The predicted molar refractivity (Wildman–Crippen MR) is 117 cm³/mol. The zero-order chi connectivity index (χ0) is 19.8. The van der Waals surface area contributed by atoms with E-state index in [2.05, 4.69) is 34.7 Å². The molecule has 2 aromatic rings. The van der Waals surface area contributed by atoms with Gasteiger partial charge in [0.25, 0.3) is 0 Å². The van der Waals surface area contributed by atoms with Gasteiger partial charge < -0.3 is 20.0 Å². The van der Waals surface area contributed by atoms with E-state index in [1.165, 1.54) is 0 Å². The Morgan fingerprint density at radius 3 is 2.43 bits per heavy atom. The quantitative estimate of drug-likeness (QED) is 0.739. The van der Waals surface area contributed by atoms with Crippen LogP contribution in [0.15, 0.2) is 67.3 Å². The van der Waals surface area contributed by atoms with E-state index in [0.29, 0.717) is 13.1 Å². The second-order valence-corrected chi connectivity index (χ2v) is 7.02. The van der Waals surface area contributed by atoms with Crippen molar-refractivity contribution in [2.24, 2.45) is 0 Å². The van der Waals surface area contributed by atoms with Gasteiger partial charge in [0, 0.05) is 39.3 Å². The lowest BCUT2D eigenvalue weighted by atomic mass is 10.2. The second kappa shape index (κ2) is 9.95. The van der Waals surface area contributed by atoms with Crippen LogP contribution >= 0.6 is 0 Å². The van der Waals surface area contributed by atoms with Crippen LogP contribution in [0.1, 0.15) is 12.5 Å². The molecule has 1 heterocycles. The van der Waals surface area contributed by atoms with E-state index < -0.39 is 0 Å². The normalized spacial score (nSPS) is 14.5. The third-order valence-corrected chi connectivity index (χ3v) is 5.16. The number of hydrogen-bond donors (Lipinski definition) is 1. The molecule has 3 rings (SSSR count). The fraction of sp³-hybridized carbons (Fsp3) is 0.348. The number of nitrogens with one attached hydrogen (secondary N) is 1. The lowest BCUT2D eigenvalue weighted by Crippen LogP contribution is -2.46. The first kappa shape index (κ1) is 20.0. The Kier molecular flexibility index (Phi) is 7.09. The summed E-state index contributed by atoms with van der Waals surface area (Å²) in [4.78, 5) is 19.6. The minimum Gasteiger partial charge on any atom is -0.367 e. The molecule has 2 aromatic carbocycles. The summed E-state index contributed by atoms with van der Waals surface area (Å²) in [6.45, 7) is 12.2. The largest absolute Gasteiger partial charge is 0.367 e. The summed E-state index contributed by atoms with van der Waals surface area (Å²) < 4.78 is 0. The van der Waals surface area contributed by atoms with Gasteiger partial charge in [-0.15, -0.1) is 6.58 Å². The van der Waals surface area contributed by atoms with Gasteiger partial charge >= 0.3 is 6.03 Å². The first-order chi connectivity index (χ1) is 13.7. The molecule has 0 spiro atoms. The Balaban J connectivity index is 1.71. The van der Waals surface area contributed by atoms with E-state index in [4.69, 9.17) is 0 Å². The van der Waals surface area contributed by atoms with Crippen molar-refractivity contribution in [1.82, 2.24) is 9.80 Å². The molecule has 0 unspecified atom stereocenters. The number of amides is 2. The number of carbonyl (C=O) groups is 1. The van der Waals surface area contributed by atoms with Crippen LogP contribution in [0.25, 0.3) is 0 Å². The number of hydrogen-bond acceptors (Lipinski definition) is 3. The molecule has 0 atom stereocenters. The monoisotopic (exact) mass is 378 g/mol. The average molecular weight is 379 g/mol. The molecule has 1 aliphatic rings. The van der Waals surface area contributed by atoms with E-state index in [-0.39, 0.29) is 6.03 Å². The molecule has 0 aromatic heterocycles. The van der Waals surface area contributed by atoms with Crippen LogP contribution in [0.2, 0.25) is 0 Å². The van der Waals surface area contributed by atoms with Gasteiger partial charge in [-0.05, 0) is 24.2 Å². The molecule has 1 fully saturated rings. The van der Waals surface area contributed by atoms with Gasteiger partial charge in [0.15, 0.2) is 0 Å². The third-order valence-electron chi connectivity index (χ3n) is 5.16. The van der Waals surface area contributed by atoms with Crippen LogP contribution in [0.4, 0.5) is 16.2 Å². The van der Waals surface area contributed by atoms with Gasteiger partial charge in [-0.2, -0.15) is 0 Å². The van der Waals surface area contributed by atoms with Gasteiger partial charge in [-0.3, -0.25) is 0 Å². The van der Waals surface area contributed by atoms with Crippen LogP contribution in [-0.4, -0.2) is 55.1 Å². The zero-order valence-electron chi connectivity index (χ0n) is 16.7. The van der Waals surface area contributed by atoms with Gasteiger partial charge in [0.1, 0.15) is 0 Å². The summed E-state index contributed by atoms with van der Waals surface area (Å²) in [6, 6.07) is 18.0. The first-order valence-corrected chi connectivity index (χ1v) is 9.98. The fourth-order valence-corrected chi connectivity index (χ4v) is 3.53. The van der Waals surface area contributed by atoms with Crippen molar-refractivity contribution in [3.05, 3.63) is 72.8 Å². The van der Waals surface area contributed by atoms with Gasteiger partial charge in [-0.1, -0.05) is 55.5 Å². The molecule has 2 amide bonds. The Labute approximate surface area is 168 Å². The smallest absolute Gasteiger partial charge is 0.322 e. The number of anilines is 2. The van der Waals surface area contributed by atoms with E-state index in [0.717, 1.165) is 49.7 Å². The van der Waals surface area contributed by atoms with E-state index in [9.17, 15) is 4.79 Å². The van der Waals surface area contributed by atoms with Crippen LogP contribution in [0.5, 0.6) is 0 Å². The topological polar surface area (TPSA) is 38.8 Å². The number of urea groups is 1. The minimum atomic E-state index is -0.108. The SMILES string of the molecule is C=CCN(Cc1ccccc1)C(=O)Nc1ccccc1N1CCN(CC)CC1. The predicted octanol–water partition coefficient (Wildman–Crippen LogP) is 4.05. The van der Waals surface area contributed by atoms with Gasteiger partial charge in [0.05, 0.1) is 11.4 Å². The highest BCUT2D eigenvalue weighted by molar-refractivity contribution is 5.93. The maximum Gasteiger partial charge on any atom is 0.322 e. The molecule has 0 saturated carbocycles. The summed E-state index contributed by atoms with van der Waals surface area (Å²) in [7, 11) is 0. The number of rotatable bonds is 7. The van der Waals surface area contributed by atoms with E-state index in [1.807, 2.05) is 48.5 Å². The van der Waals surface area contributed by atoms with Crippen molar-refractivity contribution >= 4 is 17.4 Å².